The molecule has 3 heteroatoms. The Labute approximate surface area is 127 Å². The van der Waals surface area contributed by atoms with Gasteiger partial charge in [0.25, 0.3) is 0 Å². The average Bonchev–Trinajstić information content (AvgIpc) is 2.45. The molecule has 2 aliphatic heterocycles. The van der Waals surface area contributed by atoms with E-state index in [1.165, 1.54) is 30.5 Å². The van der Waals surface area contributed by atoms with Crippen LogP contribution in [0.3, 0.4) is 0 Å². The summed E-state index contributed by atoms with van der Waals surface area (Å²) in [4.78, 5) is 15.0. The third-order valence-electron chi connectivity index (χ3n) is 4.93. The van der Waals surface area contributed by atoms with Crippen LogP contribution in [-0.4, -0.2) is 29.9 Å². The van der Waals surface area contributed by atoms with Gasteiger partial charge in [0, 0.05) is 24.8 Å². The van der Waals surface area contributed by atoms with Gasteiger partial charge >= 0.3 is 0 Å². The largest absolute Gasteiger partial charge is 0.382 e. The normalized spacial score (nSPS) is 26.2. The molecule has 1 amide bonds. The first-order valence-corrected chi connectivity index (χ1v) is 8.39. The highest BCUT2D eigenvalue weighted by Gasteiger charge is 2.33. The van der Waals surface area contributed by atoms with Crippen LogP contribution in [0.25, 0.3) is 0 Å². The predicted molar refractivity (Wildman–Crippen MR) is 86.4 cm³/mol. The van der Waals surface area contributed by atoms with E-state index in [1.807, 2.05) is 0 Å². The molecule has 0 radical (unpaired) electrons. The standard InChI is InChI=1S/C18H26N2O/c1-14-16(13-15-9-5-6-10-17(15)19-14)18(21)20-11-7-3-2-4-8-12-20/h5-6,9-10,14,16,19H,2-4,7-8,11-13H2,1H3. The van der Waals surface area contributed by atoms with Gasteiger partial charge < -0.3 is 10.2 Å². The van der Waals surface area contributed by atoms with Gasteiger partial charge in [0.2, 0.25) is 5.91 Å². The Kier molecular flexibility index (Phi) is 4.47. The minimum atomic E-state index is 0.0827. The number of nitrogens with zero attached hydrogens (tertiary/aromatic N) is 1. The van der Waals surface area contributed by atoms with Crippen LogP contribution in [0, 0.1) is 5.92 Å². The van der Waals surface area contributed by atoms with Crippen molar-refractivity contribution in [1.29, 1.82) is 0 Å². The molecule has 2 atom stereocenters. The summed E-state index contributed by atoms with van der Waals surface area (Å²) in [5.41, 5.74) is 2.47. The number of benzene rings is 1. The van der Waals surface area contributed by atoms with Crippen LogP contribution in [0.2, 0.25) is 0 Å². The molecular weight excluding hydrogens is 260 g/mol. The predicted octanol–water partition coefficient (Wildman–Crippen LogP) is 3.45. The Morgan fingerprint density at radius 1 is 1.10 bits per heavy atom. The van der Waals surface area contributed by atoms with Crippen LogP contribution in [0.4, 0.5) is 5.69 Å². The van der Waals surface area contributed by atoms with E-state index in [0.717, 1.165) is 32.4 Å². The van der Waals surface area contributed by atoms with Crippen molar-refractivity contribution in [2.24, 2.45) is 5.92 Å². The van der Waals surface area contributed by atoms with Gasteiger partial charge in [0.1, 0.15) is 0 Å². The molecule has 2 heterocycles. The van der Waals surface area contributed by atoms with Crippen molar-refractivity contribution in [3.8, 4) is 0 Å². The van der Waals surface area contributed by atoms with Crippen molar-refractivity contribution >= 4 is 11.6 Å². The minimum Gasteiger partial charge on any atom is -0.382 e. The van der Waals surface area contributed by atoms with E-state index in [4.69, 9.17) is 0 Å². The van der Waals surface area contributed by atoms with E-state index in [2.05, 4.69) is 41.4 Å². The topological polar surface area (TPSA) is 32.3 Å². The molecule has 2 aliphatic rings. The number of para-hydroxylation sites is 1. The Hall–Kier alpha value is -1.51. The third-order valence-corrected chi connectivity index (χ3v) is 4.93. The maximum atomic E-state index is 12.9. The van der Waals surface area contributed by atoms with Gasteiger partial charge in [-0.2, -0.15) is 0 Å². The molecule has 1 aromatic rings. The Balaban J connectivity index is 1.72. The van der Waals surface area contributed by atoms with Gasteiger partial charge in [-0.25, -0.2) is 0 Å². The summed E-state index contributed by atoms with van der Waals surface area (Å²) in [5, 5.41) is 3.51. The number of likely N-dealkylation sites (tertiary alicyclic amines) is 1. The number of amides is 1. The van der Waals surface area contributed by atoms with Crippen LogP contribution in [0.1, 0.15) is 44.6 Å². The number of carbonyl (C=O) groups is 1. The maximum absolute atomic E-state index is 12.9. The Morgan fingerprint density at radius 2 is 1.76 bits per heavy atom. The Morgan fingerprint density at radius 3 is 2.52 bits per heavy atom. The molecule has 114 valence electrons. The number of hydrogen-bond acceptors (Lipinski definition) is 2. The smallest absolute Gasteiger partial charge is 0.228 e. The fourth-order valence-corrected chi connectivity index (χ4v) is 3.60. The molecular formula is C18H26N2O. The minimum absolute atomic E-state index is 0.0827. The SMILES string of the molecule is CC1Nc2ccccc2CC1C(=O)N1CCCCCCC1. The van der Waals surface area contributed by atoms with Crippen molar-refractivity contribution in [1.82, 2.24) is 4.90 Å². The molecule has 0 bridgehead atoms. The van der Waals surface area contributed by atoms with Crippen molar-refractivity contribution in [3.63, 3.8) is 0 Å². The highest BCUT2D eigenvalue weighted by Crippen LogP contribution is 2.29. The second kappa shape index (κ2) is 6.50. The maximum Gasteiger partial charge on any atom is 0.228 e. The van der Waals surface area contributed by atoms with Gasteiger partial charge in [0.05, 0.1) is 5.92 Å². The van der Waals surface area contributed by atoms with Crippen molar-refractivity contribution in [2.45, 2.75) is 51.5 Å². The zero-order valence-electron chi connectivity index (χ0n) is 13.0. The van der Waals surface area contributed by atoms with Gasteiger partial charge in [-0.15, -0.1) is 0 Å². The third kappa shape index (κ3) is 3.22. The molecule has 1 aromatic carbocycles. The second-order valence-electron chi connectivity index (χ2n) is 6.49. The first-order valence-electron chi connectivity index (χ1n) is 8.39. The lowest BCUT2D eigenvalue weighted by Crippen LogP contribution is -2.46. The second-order valence-corrected chi connectivity index (χ2v) is 6.49. The summed E-state index contributed by atoms with van der Waals surface area (Å²) in [6.45, 7) is 4.04. The fraction of sp³-hybridized carbons (Fsp3) is 0.611. The molecule has 2 unspecified atom stereocenters. The first-order chi connectivity index (χ1) is 10.3. The number of hydrogen-bond donors (Lipinski definition) is 1. The van der Waals surface area contributed by atoms with Gasteiger partial charge in [-0.1, -0.05) is 37.5 Å². The van der Waals surface area contributed by atoms with E-state index >= 15 is 0 Å². The lowest BCUT2D eigenvalue weighted by atomic mass is 9.86. The van der Waals surface area contributed by atoms with E-state index in [-0.39, 0.29) is 12.0 Å². The molecule has 1 fully saturated rings. The molecule has 3 nitrogen and oxygen atoms in total. The zero-order valence-corrected chi connectivity index (χ0v) is 13.0. The van der Waals surface area contributed by atoms with Crippen LogP contribution in [-0.2, 0) is 11.2 Å². The summed E-state index contributed by atoms with van der Waals surface area (Å²) >= 11 is 0. The Bertz CT molecular complexity index is 492. The highest BCUT2D eigenvalue weighted by atomic mass is 16.2. The van der Waals surface area contributed by atoms with Gasteiger partial charge in [-0.3, -0.25) is 4.79 Å². The van der Waals surface area contributed by atoms with Crippen LogP contribution in [0.5, 0.6) is 0 Å². The summed E-state index contributed by atoms with van der Waals surface area (Å²) in [7, 11) is 0. The quantitative estimate of drug-likeness (QED) is 0.857. The molecule has 0 aromatic heterocycles. The van der Waals surface area contributed by atoms with E-state index < -0.39 is 0 Å². The van der Waals surface area contributed by atoms with Gasteiger partial charge in [-0.05, 0) is 37.8 Å². The van der Waals surface area contributed by atoms with E-state index in [9.17, 15) is 4.79 Å². The van der Waals surface area contributed by atoms with Crippen LogP contribution >= 0.6 is 0 Å². The van der Waals surface area contributed by atoms with Crippen molar-refractivity contribution in [2.75, 3.05) is 18.4 Å². The summed E-state index contributed by atoms with van der Waals surface area (Å²) in [6.07, 6.45) is 7.07. The van der Waals surface area contributed by atoms with Crippen molar-refractivity contribution < 1.29 is 4.79 Å². The molecule has 0 spiro atoms. The fourth-order valence-electron chi connectivity index (χ4n) is 3.60. The van der Waals surface area contributed by atoms with E-state index in [1.54, 1.807) is 0 Å². The van der Waals surface area contributed by atoms with Crippen molar-refractivity contribution in [3.05, 3.63) is 29.8 Å². The molecule has 21 heavy (non-hydrogen) atoms. The number of rotatable bonds is 1. The highest BCUT2D eigenvalue weighted by molar-refractivity contribution is 5.81. The van der Waals surface area contributed by atoms with Crippen LogP contribution in [0.15, 0.2) is 24.3 Å². The molecule has 1 saturated heterocycles. The van der Waals surface area contributed by atoms with E-state index in [0.29, 0.717) is 5.91 Å². The monoisotopic (exact) mass is 286 g/mol. The number of carbonyl (C=O) groups excluding carboxylic acids is 1. The molecule has 1 N–H and O–H groups in total. The number of anilines is 1. The zero-order chi connectivity index (χ0) is 14.7. The molecule has 0 saturated carbocycles. The number of nitrogens with one attached hydrogen (secondary N) is 1. The first kappa shape index (κ1) is 14.4. The lowest BCUT2D eigenvalue weighted by molar-refractivity contribution is -0.136. The lowest BCUT2D eigenvalue weighted by Gasteiger charge is -2.36. The summed E-state index contributed by atoms with van der Waals surface area (Å²) in [5.74, 6) is 0.436. The van der Waals surface area contributed by atoms with Crippen LogP contribution < -0.4 is 5.32 Å². The number of fused-ring (bicyclic) bond motifs is 1. The summed E-state index contributed by atoms with van der Waals surface area (Å²) < 4.78 is 0. The van der Waals surface area contributed by atoms with Gasteiger partial charge in [0.15, 0.2) is 0 Å². The molecule has 0 aliphatic carbocycles. The average molecular weight is 286 g/mol. The molecule has 3 rings (SSSR count). The summed E-state index contributed by atoms with van der Waals surface area (Å²) in [6, 6.07) is 8.59.